The largest absolute Gasteiger partial charge is 0.480 e. The molecule has 0 saturated heterocycles. The third kappa shape index (κ3) is 3.29. The van der Waals surface area contributed by atoms with Crippen LogP contribution >= 0.6 is 43.2 Å². The first-order valence-corrected chi connectivity index (χ1v) is 6.84. The number of carbonyl (C=O) groups is 2. The van der Waals surface area contributed by atoms with Gasteiger partial charge >= 0.3 is 5.97 Å². The van der Waals surface area contributed by atoms with Crippen LogP contribution in [0.2, 0.25) is 0 Å². The molecule has 0 bridgehead atoms. The van der Waals surface area contributed by atoms with Gasteiger partial charge in [0.15, 0.2) is 0 Å². The molecule has 0 fully saturated rings. The number of hydrogen-bond donors (Lipinski definition) is 2. The quantitative estimate of drug-likeness (QED) is 0.856. The third-order valence-corrected chi connectivity index (χ3v) is 5.14. The molecule has 88 valence electrons. The maximum Gasteiger partial charge on any atom is 0.326 e. The predicted octanol–water partition coefficient (Wildman–Crippen LogP) is 2.87. The molecule has 1 rings (SSSR count). The topological polar surface area (TPSA) is 66.4 Å². The van der Waals surface area contributed by atoms with Crippen molar-refractivity contribution in [1.29, 1.82) is 0 Å². The monoisotopic (exact) mass is 369 g/mol. The van der Waals surface area contributed by atoms with Crippen molar-refractivity contribution in [2.24, 2.45) is 0 Å². The molecule has 0 aliphatic rings. The van der Waals surface area contributed by atoms with Gasteiger partial charge in [0.05, 0.1) is 8.66 Å². The summed E-state index contributed by atoms with van der Waals surface area (Å²) in [4.78, 5) is 22.9. The normalized spacial score (nSPS) is 12.2. The van der Waals surface area contributed by atoms with E-state index in [1.54, 1.807) is 13.0 Å². The van der Waals surface area contributed by atoms with Crippen molar-refractivity contribution >= 4 is 55.1 Å². The molecule has 1 aromatic heterocycles. The Bertz CT molecular complexity index is 399. The van der Waals surface area contributed by atoms with Crippen LogP contribution in [0.4, 0.5) is 0 Å². The molecule has 1 atom stereocenters. The fourth-order valence-electron chi connectivity index (χ4n) is 1.03. The second-order valence-electron chi connectivity index (χ2n) is 3.00. The lowest BCUT2D eigenvalue weighted by Crippen LogP contribution is -2.39. The minimum atomic E-state index is -1.02. The van der Waals surface area contributed by atoms with Gasteiger partial charge in [-0.3, -0.25) is 4.79 Å². The molecule has 1 heterocycles. The van der Waals surface area contributed by atoms with Crippen molar-refractivity contribution in [1.82, 2.24) is 5.32 Å². The van der Waals surface area contributed by atoms with Crippen LogP contribution in [0.3, 0.4) is 0 Å². The molecule has 7 heteroatoms. The standard InChI is InChI=1S/C9H9Br2NO3S/c1-2-5(9(14)15)12-8(13)6-3-4(10)7(11)16-6/h3,5H,2H2,1H3,(H,12,13)(H,14,15)/t5-/m1/s1. The summed E-state index contributed by atoms with van der Waals surface area (Å²) in [5.41, 5.74) is 0. The van der Waals surface area contributed by atoms with E-state index in [0.717, 1.165) is 8.26 Å². The average molecular weight is 371 g/mol. The van der Waals surface area contributed by atoms with Crippen molar-refractivity contribution in [3.05, 3.63) is 19.2 Å². The van der Waals surface area contributed by atoms with Crippen LogP contribution in [0.5, 0.6) is 0 Å². The van der Waals surface area contributed by atoms with Gasteiger partial charge in [0.1, 0.15) is 6.04 Å². The lowest BCUT2D eigenvalue weighted by atomic mass is 10.2. The van der Waals surface area contributed by atoms with Gasteiger partial charge in [0.2, 0.25) is 0 Å². The summed E-state index contributed by atoms with van der Waals surface area (Å²) in [7, 11) is 0. The molecule has 0 unspecified atom stereocenters. The highest BCUT2D eigenvalue weighted by atomic mass is 79.9. The summed E-state index contributed by atoms with van der Waals surface area (Å²) in [5, 5.41) is 11.3. The molecule has 0 aromatic carbocycles. The number of halogens is 2. The number of thiophene rings is 1. The van der Waals surface area contributed by atoms with Crippen molar-refractivity contribution in [2.75, 3.05) is 0 Å². The first-order valence-electron chi connectivity index (χ1n) is 4.44. The van der Waals surface area contributed by atoms with Gasteiger partial charge in [-0.1, -0.05) is 6.92 Å². The fraction of sp³-hybridized carbons (Fsp3) is 0.333. The Kier molecular flexibility index (Phi) is 4.94. The smallest absolute Gasteiger partial charge is 0.326 e. The van der Waals surface area contributed by atoms with Crippen molar-refractivity contribution in [3.63, 3.8) is 0 Å². The zero-order valence-corrected chi connectivity index (χ0v) is 12.3. The van der Waals surface area contributed by atoms with E-state index in [1.165, 1.54) is 11.3 Å². The number of amides is 1. The molecule has 1 aromatic rings. The van der Waals surface area contributed by atoms with Crippen LogP contribution < -0.4 is 5.32 Å². The molecule has 2 N–H and O–H groups in total. The summed E-state index contributed by atoms with van der Waals surface area (Å²) in [5.74, 6) is -1.39. The van der Waals surface area contributed by atoms with Crippen molar-refractivity contribution < 1.29 is 14.7 Å². The molecular weight excluding hydrogens is 362 g/mol. The third-order valence-electron chi connectivity index (χ3n) is 1.88. The number of nitrogens with one attached hydrogen (secondary N) is 1. The maximum absolute atomic E-state index is 11.7. The van der Waals surface area contributed by atoms with Crippen molar-refractivity contribution in [3.8, 4) is 0 Å². The molecule has 1 amide bonds. The Morgan fingerprint density at radius 1 is 1.56 bits per heavy atom. The van der Waals surface area contributed by atoms with Gasteiger partial charge in [0.25, 0.3) is 5.91 Å². The van der Waals surface area contributed by atoms with Gasteiger partial charge in [-0.25, -0.2) is 4.79 Å². The van der Waals surface area contributed by atoms with E-state index in [9.17, 15) is 9.59 Å². The highest BCUT2D eigenvalue weighted by Gasteiger charge is 2.20. The molecule has 0 aliphatic carbocycles. The van der Waals surface area contributed by atoms with Crippen LogP contribution in [-0.4, -0.2) is 23.0 Å². The van der Waals surface area contributed by atoms with Crippen LogP contribution in [0.1, 0.15) is 23.0 Å². The van der Waals surface area contributed by atoms with Crippen LogP contribution in [0.25, 0.3) is 0 Å². The number of carbonyl (C=O) groups excluding carboxylic acids is 1. The van der Waals surface area contributed by atoms with Gasteiger partial charge in [-0.2, -0.15) is 0 Å². The first-order chi connectivity index (χ1) is 7.45. The second-order valence-corrected chi connectivity index (χ2v) is 6.23. The lowest BCUT2D eigenvalue weighted by molar-refractivity contribution is -0.139. The van der Waals surface area contributed by atoms with E-state index in [4.69, 9.17) is 5.11 Å². The highest BCUT2D eigenvalue weighted by molar-refractivity contribution is 9.13. The number of carboxylic acid groups (broad SMARTS) is 1. The Hall–Kier alpha value is -0.400. The van der Waals surface area contributed by atoms with E-state index in [2.05, 4.69) is 37.2 Å². The van der Waals surface area contributed by atoms with E-state index >= 15 is 0 Å². The Morgan fingerprint density at radius 3 is 2.56 bits per heavy atom. The highest BCUT2D eigenvalue weighted by Crippen LogP contribution is 2.32. The summed E-state index contributed by atoms with van der Waals surface area (Å²) in [6, 6.07) is 0.811. The lowest BCUT2D eigenvalue weighted by Gasteiger charge is -2.10. The van der Waals surface area contributed by atoms with E-state index in [-0.39, 0.29) is 5.91 Å². The van der Waals surface area contributed by atoms with Crippen LogP contribution in [0.15, 0.2) is 14.3 Å². The van der Waals surface area contributed by atoms with Gasteiger partial charge in [-0.15, -0.1) is 11.3 Å². The Balaban J connectivity index is 2.75. The first kappa shape index (κ1) is 13.7. The predicted molar refractivity (Wildman–Crippen MR) is 68.9 cm³/mol. The molecule has 4 nitrogen and oxygen atoms in total. The number of hydrogen-bond acceptors (Lipinski definition) is 3. The van der Waals surface area contributed by atoms with E-state index < -0.39 is 12.0 Å². The van der Waals surface area contributed by atoms with Gasteiger partial charge in [-0.05, 0) is 44.3 Å². The Morgan fingerprint density at radius 2 is 2.19 bits per heavy atom. The zero-order chi connectivity index (χ0) is 12.3. The maximum atomic E-state index is 11.7. The molecule has 0 saturated carbocycles. The molecular formula is C9H9Br2NO3S. The molecule has 16 heavy (non-hydrogen) atoms. The summed E-state index contributed by atoms with van der Waals surface area (Å²) < 4.78 is 1.59. The zero-order valence-electron chi connectivity index (χ0n) is 8.29. The molecule has 0 aliphatic heterocycles. The average Bonchev–Trinajstić information content (AvgIpc) is 2.55. The van der Waals surface area contributed by atoms with Gasteiger partial charge < -0.3 is 10.4 Å². The SMILES string of the molecule is CC[C@@H](NC(=O)c1cc(Br)c(Br)s1)C(=O)O. The summed E-state index contributed by atoms with van der Waals surface area (Å²) in [6.45, 7) is 1.71. The van der Waals surface area contributed by atoms with Crippen LogP contribution in [0, 0.1) is 0 Å². The number of rotatable bonds is 4. The summed E-state index contributed by atoms with van der Waals surface area (Å²) in [6.07, 6.45) is 0.356. The summed E-state index contributed by atoms with van der Waals surface area (Å²) >= 11 is 7.79. The van der Waals surface area contributed by atoms with E-state index in [0.29, 0.717) is 11.3 Å². The molecule has 0 radical (unpaired) electrons. The minimum absolute atomic E-state index is 0.356. The number of carboxylic acids is 1. The molecule has 0 spiro atoms. The van der Waals surface area contributed by atoms with E-state index in [1.807, 2.05) is 0 Å². The number of aliphatic carboxylic acids is 1. The second kappa shape index (κ2) is 5.79. The Labute approximate surface area is 113 Å². The van der Waals surface area contributed by atoms with Gasteiger partial charge in [0, 0.05) is 4.47 Å². The van der Waals surface area contributed by atoms with Crippen molar-refractivity contribution in [2.45, 2.75) is 19.4 Å². The minimum Gasteiger partial charge on any atom is -0.480 e. The fourth-order valence-corrected chi connectivity index (χ4v) is 2.97. The van der Waals surface area contributed by atoms with Crippen LogP contribution in [-0.2, 0) is 4.79 Å².